The maximum absolute atomic E-state index is 10.2. The fraction of sp³-hybridized carbons (Fsp3) is 1.00. The van der Waals surface area contributed by atoms with Crippen LogP contribution < -0.4 is 0 Å². The highest BCUT2D eigenvalue weighted by Gasteiger charge is 2.40. The predicted molar refractivity (Wildman–Crippen MR) is 322 cm³/mol. The first kappa shape index (κ1) is 74.5. The molecule has 29 nitrogen and oxygen atoms in total. The molecule has 14 rings (SSSR count). The molecule has 0 radical (unpaired) electrons. The van der Waals surface area contributed by atoms with Crippen LogP contribution in [0.1, 0.15) is 39.5 Å². The minimum absolute atomic E-state index is 0.0445. The van der Waals surface area contributed by atoms with Gasteiger partial charge < -0.3 is 138 Å². The van der Waals surface area contributed by atoms with Gasteiger partial charge in [0.15, 0.2) is 0 Å². The van der Waals surface area contributed by atoms with Gasteiger partial charge in [0, 0.05) is 6.61 Å². The number of epoxide rings is 13. The molecular formula is C64H110O29. The van der Waals surface area contributed by atoms with Crippen LogP contribution in [0.15, 0.2) is 0 Å². The monoisotopic (exact) mass is 1340 g/mol. The van der Waals surface area contributed by atoms with Crippen molar-refractivity contribution in [1.29, 1.82) is 0 Å². The Balaban J connectivity index is 0.000000129. The normalized spacial score (nSPS) is 32.7. The standard InChI is InChI=1S/C17H28O8.C14H24O6.C13H22O5.C11H20O5.C9H16O5/c1(13-5-22-13)18-9-17(10-19-2-14-6-23-14,11-20-3-15-7-24-15)12-21-4-16-8-25-16;1-2-14(20-8-13-7-19-13,9-15-3-11-5-17-11)10-16-4-12-6-18-12;1-2-10(1)3-16-11(4-14-6-12-8-17-12)5-15-7-13-9-18-13;1-2-11(12,7-13-3-9-5-15-9)8-14-4-10-6-16-10;10-7(1-11-3-8-5-13-8)2-12-4-9-6-14-9/h13-16H,1-12H2;11-13H,2-10H2,1H3;10-13H,1-9H2;9-10,12H,2-8H2,1H3;7-10H,1-6H2. The molecular weight excluding hydrogens is 1230 g/mol. The van der Waals surface area contributed by atoms with Crippen LogP contribution >= 0.6 is 0 Å². The van der Waals surface area contributed by atoms with Crippen molar-refractivity contribution in [3.63, 3.8) is 0 Å². The Morgan fingerprint density at radius 3 is 0.817 bits per heavy atom. The van der Waals surface area contributed by atoms with Crippen LogP contribution in [0.25, 0.3) is 0 Å². The van der Waals surface area contributed by atoms with Crippen molar-refractivity contribution in [2.45, 2.75) is 142 Å². The Morgan fingerprint density at radius 1 is 0.312 bits per heavy atom. The average molecular weight is 1340 g/mol. The zero-order chi connectivity index (χ0) is 64.2. The minimum atomic E-state index is -0.885. The fourth-order valence-electron chi connectivity index (χ4n) is 8.56. The summed E-state index contributed by atoms with van der Waals surface area (Å²) in [4.78, 5) is 0. The van der Waals surface area contributed by atoms with Crippen molar-refractivity contribution in [3.05, 3.63) is 0 Å². The smallest absolute Gasteiger partial charge is 0.114 e. The zero-order valence-electron chi connectivity index (χ0n) is 55.1. The Bertz CT molecular complexity index is 1800. The third kappa shape index (κ3) is 37.7. The molecule has 13 saturated heterocycles. The summed E-state index contributed by atoms with van der Waals surface area (Å²) in [6, 6.07) is 0. The molecule has 13 atom stereocenters. The fourth-order valence-corrected chi connectivity index (χ4v) is 8.56. The molecule has 14 fully saturated rings. The summed E-state index contributed by atoms with van der Waals surface area (Å²) in [5.74, 6) is 0.769. The third-order valence-corrected chi connectivity index (χ3v) is 16.4. The van der Waals surface area contributed by atoms with E-state index in [0.29, 0.717) is 184 Å². The third-order valence-electron chi connectivity index (χ3n) is 16.4. The lowest BCUT2D eigenvalue weighted by Crippen LogP contribution is -2.44. The van der Waals surface area contributed by atoms with E-state index in [0.717, 1.165) is 105 Å². The largest absolute Gasteiger partial charge is 0.388 e. The lowest BCUT2D eigenvalue weighted by atomic mass is 9.92. The van der Waals surface area contributed by atoms with E-state index in [-0.39, 0.29) is 78.7 Å². The number of hydrogen-bond acceptors (Lipinski definition) is 29. The van der Waals surface area contributed by atoms with E-state index < -0.39 is 17.3 Å². The Labute approximate surface area is 547 Å². The number of rotatable bonds is 56. The molecule has 0 bridgehead atoms. The summed E-state index contributed by atoms with van der Waals surface area (Å²) in [7, 11) is 0. The first-order chi connectivity index (χ1) is 45.6. The quantitative estimate of drug-likeness (QED) is 0.0743. The van der Waals surface area contributed by atoms with E-state index >= 15 is 0 Å². The second-order valence-electron chi connectivity index (χ2n) is 26.7. The van der Waals surface area contributed by atoms with E-state index in [4.69, 9.17) is 128 Å². The van der Waals surface area contributed by atoms with Gasteiger partial charge in [-0.3, -0.25) is 0 Å². The van der Waals surface area contributed by atoms with Gasteiger partial charge >= 0.3 is 0 Å². The Kier molecular flexibility index (Phi) is 32.3. The van der Waals surface area contributed by atoms with Crippen LogP contribution in [-0.2, 0) is 128 Å². The molecule has 0 spiro atoms. The molecule has 1 saturated carbocycles. The van der Waals surface area contributed by atoms with E-state index in [1.807, 2.05) is 6.92 Å². The number of hydrogen-bond donors (Lipinski definition) is 2. The summed E-state index contributed by atoms with van der Waals surface area (Å²) < 4.78 is 146. The van der Waals surface area contributed by atoms with E-state index in [1.165, 1.54) is 12.8 Å². The maximum atomic E-state index is 10.2. The first-order valence-corrected chi connectivity index (χ1v) is 34.2. The topological polar surface area (TPSA) is 333 Å². The molecule has 14 aliphatic rings. The lowest BCUT2D eigenvalue weighted by Gasteiger charge is -2.32. The highest BCUT2D eigenvalue weighted by Crippen LogP contribution is 2.30. The molecule has 1 aliphatic carbocycles. The lowest BCUT2D eigenvalue weighted by molar-refractivity contribution is -0.142. The molecule has 0 aromatic carbocycles. The molecule has 29 heteroatoms. The molecule has 0 amide bonds. The van der Waals surface area contributed by atoms with Gasteiger partial charge in [0.1, 0.15) is 103 Å². The van der Waals surface area contributed by atoms with E-state index in [9.17, 15) is 10.2 Å². The van der Waals surface area contributed by atoms with Crippen LogP contribution in [0.3, 0.4) is 0 Å². The maximum Gasteiger partial charge on any atom is 0.114 e. The number of aliphatic hydroxyl groups excluding tert-OH is 1. The van der Waals surface area contributed by atoms with Crippen LogP contribution in [0.2, 0.25) is 0 Å². The molecule has 13 unspecified atom stereocenters. The minimum Gasteiger partial charge on any atom is -0.388 e. The second-order valence-corrected chi connectivity index (χ2v) is 26.7. The van der Waals surface area contributed by atoms with Crippen molar-refractivity contribution < 1.29 is 138 Å². The van der Waals surface area contributed by atoms with E-state index in [2.05, 4.69) is 6.92 Å². The highest BCUT2D eigenvalue weighted by atomic mass is 16.7. The van der Waals surface area contributed by atoms with Gasteiger partial charge in [-0.05, 0) is 31.6 Å². The summed E-state index contributed by atoms with van der Waals surface area (Å²) >= 11 is 0. The SMILES string of the molecule is C(OCC(COCC1CO1)(COCC1CO1)COCC1CO1)C1CO1.C1CC1COC(COCC1CO1)COCC1CO1.CCC(COCC1CO1)(COCC1CO1)OCC1CO1.CCC(O)(COCC1CO1)COCC1CO1.OC(COCC1CO1)COCC1CO1. The molecule has 13 heterocycles. The van der Waals surface area contributed by atoms with Crippen molar-refractivity contribution in [2.75, 3.05) is 258 Å². The summed E-state index contributed by atoms with van der Waals surface area (Å²) in [6.45, 7) is 28.6. The summed E-state index contributed by atoms with van der Waals surface area (Å²) in [5, 5.41) is 19.5. The molecule has 93 heavy (non-hydrogen) atoms. The number of aliphatic hydroxyl groups is 2. The van der Waals surface area contributed by atoms with Gasteiger partial charge in [0.25, 0.3) is 0 Å². The predicted octanol–water partition coefficient (Wildman–Crippen LogP) is -0.235. The van der Waals surface area contributed by atoms with Gasteiger partial charge in [0.05, 0.1) is 256 Å². The van der Waals surface area contributed by atoms with Gasteiger partial charge in [-0.15, -0.1) is 0 Å². The van der Waals surface area contributed by atoms with E-state index in [1.54, 1.807) is 0 Å². The first-order valence-electron chi connectivity index (χ1n) is 34.2. The van der Waals surface area contributed by atoms with Crippen LogP contribution in [0.4, 0.5) is 0 Å². The van der Waals surface area contributed by atoms with Crippen LogP contribution in [0.5, 0.6) is 0 Å². The van der Waals surface area contributed by atoms with Crippen LogP contribution in [0, 0.1) is 11.3 Å². The van der Waals surface area contributed by atoms with Gasteiger partial charge in [0.2, 0.25) is 0 Å². The van der Waals surface area contributed by atoms with Gasteiger partial charge in [-0.1, -0.05) is 13.8 Å². The Hall–Kier alpha value is -1.16. The summed E-state index contributed by atoms with van der Waals surface area (Å²) in [6.07, 6.45) is 6.92. The van der Waals surface area contributed by atoms with Crippen molar-refractivity contribution >= 4 is 0 Å². The molecule has 13 aliphatic heterocycles. The average Bonchev–Trinajstić information content (AvgIpc) is 1.88. The zero-order valence-corrected chi connectivity index (χ0v) is 55.1. The van der Waals surface area contributed by atoms with Gasteiger partial charge in [-0.25, -0.2) is 0 Å². The molecule has 2 N–H and O–H groups in total. The van der Waals surface area contributed by atoms with Crippen molar-refractivity contribution in [2.24, 2.45) is 11.3 Å². The highest BCUT2D eigenvalue weighted by molar-refractivity contribution is 4.86. The van der Waals surface area contributed by atoms with Gasteiger partial charge in [-0.2, -0.15) is 0 Å². The van der Waals surface area contributed by atoms with Crippen molar-refractivity contribution in [1.82, 2.24) is 0 Å². The number of ether oxygens (including phenoxy) is 27. The molecule has 540 valence electrons. The van der Waals surface area contributed by atoms with Crippen molar-refractivity contribution in [3.8, 4) is 0 Å². The molecule has 0 aromatic rings. The van der Waals surface area contributed by atoms with Crippen LogP contribution in [-0.4, -0.2) is 371 Å². The summed E-state index contributed by atoms with van der Waals surface area (Å²) in [5.41, 5.74) is -1.63. The second kappa shape index (κ2) is 40.3. The molecule has 0 aromatic heterocycles. The Morgan fingerprint density at radius 2 is 0.559 bits per heavy atom.